The van der Waals surface area contributed by atoms with Crippen molar-refractivity contribution in [2.24, 2.45) is 0 Å². The molecule has 2 aromatic carbocycles. The Hall–Kier alpha value is -2.78. The van der Waals surface area contributed by atoms with Gasteiger partial charge in [0.2, 0.25) is 15.9 Å². The quantitative estimate of drug-likeness (QED) is 0.511. The number of carbonyl (C=O) groups is 1. The zero-order valence-electron chi connectivity index (χ0n) is 17.5. The van der Waals surface area contributed by atoms with E-state index in [9.17, 15) is 23.3 Å². The van der Waals surface area contributed by atoms with Gasteiger partial charge in [0.05, 0.1) is 9.82 Å². The van der Waals surface area contributed by atoms with Gasteiger partial charge in [-0.25, -0.2) is 8.42 Å². The van der Waals surface area contributed by atoms with Gasteiger partial charge in [0.15, 0.2) is 0 Å². The molecular formula is C22H27N3O5S. The van der Waals surface area contributed by atoms with Crippen molar-refractivity contribution in [1.29, 1.82) is 0 Å². The van der Waals surface area contributed by atoms with E-state index in [1.807, 2.05) is 0 Å². The maximum atomic E-state index is 12.8. The summed E-state index contributed by atoms with van der Waals surface area (Å²) in [6, 6.07) is 11.0. The number of benzene rings is 2. The summed E-state index contributed by atoms with van der Waals surface area (Å²) >= 11 is 0. The Morgan fingerprint density at radius 3 is 2.29 bits per heavy atom. The summed E-state index contributed by atoms with van der Waals surface area (Å²) in [6.07, 6.45) is 4.58. The molecule has 1 amide bonds. The number of nitro benzene ring substituents is 1. The van der Waals surface area contributed by atoms with Crippen LogP contribution in [0.4, 0.5) is 11.4 Å². The number of aryl methyl sites for hydroxylation is 2. The maximum absolute atomic E-state index is 12.8. The van der Waals surface area contributed by atoms with Crippen LogP contribution >= 0.6 is 0 Å². The number of amides is 1. The van der Waals surface area contributed by atoms with Crippen molar-refractivity contribution in [3.8, 4) is 0 Å². The van der Waals surface area contributed by atoms with E-state index < -0.39 is 14.9 Å². The largest absolute Gasteiger partial charge is 0.326 e. The Morgan fingerprint density at radius 1 is 1.06 bits per heavy atom. The van der Waals surface area contributed by atoms with Gasteiger partial charge in [-0.3, -0.25) is 14.9 Å². The molecule has 3 rings (SSSR count). The first-order valence-corrected chi connectivity index (χ1v) is 11.9. The van der Waals surface area contributed by atoms with E-state index in [2.05, 4.69) is 5.32 Å². The molecule has 166 valence electrons. The Bertz CT molecular complexity index is 1040. The number of hydrogen-bond acceptors (Lipinski definition) is 5. The van der Waals surface area contributed by atoms with E-state index in [1.54, 1.807) is 35.5 Å². The summed E-state index contributed by atoms with van der Waals surface area (Å²) in [6.45, 7) is 2.82. The summed E-state index contributed by atoms with van der Waals surface area (Å²) in [4.78, 5) is 22.9. The minimum Gasteiger partial charge on any atom is -0.326 e. The molecule has 0 bridgehead atoms. The third kappa shape index (κ3) is 5.89. The van der Waals surface area contributed by atoms with Crippen LogP contribution in [-0.2, 0) is 21.2 Å². The van der Waals surface area contributed by atoms with E-state index >= 15 is 0 Å². The predicted octanol–water partition coefficient (Wildman–Crippen LogP) is 4.04. The van der Waals surface area contributed by atoms with Crippen LogP contribution in [-0.4, -0.2) is 36.6 Å². The van der Waals surface area contributed by atoms with Gasteiger partial charge in [-0.1, -0.05) is 25.0 Å². The number of nitro groups is 1. The fourth-order valence-electron chi connectivity index (χ4n) is 3.63. The molecule has 1 N–H and O–H groups in total. The second-order valence-corrected chi connectivity index (χ2v) is 9.70. The molecule has 0 unspecified atom stereocenters. The minimum absolute atomic E-state index is 0.0225. The standard InChI is InChI=1S/C22H27N3O5S/c1-17-16-19(25(27)28)9-12-21(17)23-22(26)13-8-18-6-10-20(11-7-18)31(29,30)24-14-4-2-3-5-15-24/h6-7,9-12,16H,2-5,8,13-15H2,1H3,(H,23,26). The topological polar surface area (TPSA) is 110 Å². The summed E-state index contributed by atoms with van der Waals surface area (Å²) in [5.74, 6) is -0.210. The molecule has 0 saturated carbocycles. The lowest BCUT2D eigenvalue weighted by atomic mass is 10.1. The molecule has 0 aliphatic carbocycles. The van der Waals surface area contributed by atoms with Crippen molar-refractivity contribution >= 4 is 27.3 Å². The molecule has 0 radical (unpaired) electrons. The molecule has 0 atom stereocenters. The average molecular weight is 446 g/mol. The summed E-state index contributed by atoms with van der Waals surface area (Å²) in [7, 11) is -3.48. The van der Waals surface area contributed by atoms with Crippen LogP contribution in [0, 0.1) is 17.0 Å². The van der Waals surface area contributed by atoms with Gasteiger partial charge >= 0.3 is 0 Å². The molecule has 0 aromatic heterocycles. The van der Waals surface area contributed by atoms with Gasteiger partial charge in [-0.05, 0) is 55.5 Å². The number of rotatable bonds is 7. The molecular weight excluding hydrogens is 418 g/mol. The van der Waals surface area contributed by atoms with Crippen molar-refractivity contribution in [3.05, 3.63) is 63.7 Å². The van der Waals surface area contributed by atoms with Gasteiger partial charge in [0, 0.05) is 37.3 Å². The number of nitrogens with one attached hydrogen (secondary N) is 1. The normalized spacial score (nSPS) is 15.3. The number of non-ortho nitro benzene ring substituents is 1. The van der Waals surface area contributed by atoms with E-state index in [0.29, 0.717) is 30.8 Å². The zero-order chi connectivity index (χ0) is 22.4. The fourth-order valence-corrected chi connectivity index (χ4v) is 5.15. The predicted molar refractivity (Wildman–Crippen MR) is 118 cm³/mol. The Morgan fingerprint density at radius 2 is 1.71 bits per heavy atom. The van der Waals surface area contributed by atoms with Crippen LogP contribution in [0.3, 0.4) is 0 Å². The van der Waals surface area contributed by atoms with Crippen LogP contribution in [0.5, 0.6) is 0 Å². The fraction of sp³-hybridized carbons (Fsp3) is 0.409. The highest BCUT2D eigenvalue weighted by Gasteiger charge is 2.24. The van der Waals surface area contributed by atoms with Gasteiger partial charge in [-0.15, -0.1) is 0 Å². The molecule has 2 aromatic rings. The SMILES string of the molecule is Cc1cc([N+](=O)[O-])ccc1NC(=O)CCc1ccc(S(=O)(=O)N2CCCCCC2)cc1. The van der Waals surface area contributed by atoms with Crippen LogP contribution in [0.2, 0.25) is 0 Å². The second-order valence-electron chi connectivity index (χ2n) is 7.77. The second kappa shape index (κ2) is 10.0. The van der Waals surface area contributed by atoms with Crippen molar-refractivity contribution in [2.45, 2.75) is 50.3 Å². The first kappa shape index (κ1) is 22.9. The summed E-state index contributed by atoms with van der Waals surface area (Å²) in [5.41, 5.74) is 2.00. The van der Waals surface area contributed by atoms with Crippen LogP contribution in [0.25, 0.3) is 0 Å². The van der Waals surface area contributed by atoms with E-state index in [0.717, 1.165) is 31.2 Å². The maximum Gasteiger partial charge on any atom is 0.269 e. The highest BCUT2D eigenvalue weighted by Crippen LogP contribution is 2.23. The lowest BCUT2D eigenvalue weighted by molar-refractivity contribution is -0.384. The Labute approximate surface area is 182 Å². The zero-order valence-corrected chi connectivity index (χ0v) is 18.4. The lowest BCUT2D eigenvalue weighted by Crippen LogP contribution is -2.31. The molecule has 9 heteroatoms. The van der Waals surface area contributed by atoms with E-state index in [-0.39, 0.29) is 22.9 Å². The van der Waals surface area contributed by atoms with Crippen molar-refractivity contribution in [3.63, 3.8) is 0 Å². The first-order chi connectivity index (χ1) is 14.8. The van der Waals surface area contributed by atoms with Crippen LogP contribution in [0.1, 0.15) is 43.2 Å². The molecule has 1 fully saturated rings. The summed E-state index contributed by atoms with van der Waals surface area (Å²) in [5, 5.41) is 13.6. The number of nitrogens with zero attached hydrogens (tertiary/aromatic N) is 2. The molecule has 8 nitrogen and oxygen atoms in total. The van der Waals surface area contributed by atoms with E-state index in [1.165, 1.54) is 18.2 Å². The Balaban J connectivity index is 1.57. The number of sulfonamides is 1. The van der Waals surface area contributed by atoms with Gasteiger partial charge in [0.25, 0.3) is 5.69 Å². The number of carbonyl (C=O) groups excluding carboxylic acids is 1. The highest BCUT2D eigenvalue weighted by molar-refractivity contribution is 7.89. The molecule has 1 aliphatic rings. The van der Waals surface area contributed by atoms with Crippen LogP contribution < -0.4 is 5.32 Å². The highest BCUT2D eigenvalue weighted by atomic mass is 32.2. The van der Waals surface area contributed by atoms with Crippen molar-refractivity contribution in [2.75, 3.05) is 18.4 Å². The molecule has 1 saturated heterocycles. The molecule has 1 aliphatic heterocycles. The third-order valence-electron chi connectivity index (χ3n) is 5.46. The van der Waals surface area contributed by atoms with Crippen molar-refractivity contribution in [1.82, 2.24) is 4.31 Å². The number of anilines is 1. The van der Waals surface area contributed by atoms with Crippen molar-refractivity contribution < 1.29 is 18.1 Å². The van der Waals surface area contributed by atoms with Gasteiger partial charge in [-0.2, -0.15) is 4.31 Å². The van der Waals surface area contributed by atoms with Crippen LogP contribution in [0.15, 0.2) is 47.4 Å². The van der Waals surface area contributed by atoms with E-state index in [4.69, 9.17) is 0 Å². The summed E-state index contributed by atoms with van der Waals surface area (Å²) < 4.78 is 27.2. The monoisotopic (exact) mass is 445 g/mol. The smallest absolute Gasteiger partial charge is 0.269 e. The molecule has 31 heavy (non-hydrogen) atoms. The van der Waals surface area contributed by atoms with Gasteiger partial charge in [0.1, 0.15) is 0 Å². The Kier molecular flexibility index (Phi) is 7.40. The number of hydrogen-bond donors (Lipinski definition) is 1. The average Bonchev–Trinajstić information content (AvgIpc) is 3.04. The first-order valence-electron chi connectivity index (χ1n) is 10.4. The molecule has 1 heterocycles. The molecule has 0 spiro atoms. The van der Waals surface area contributed by atoms with Gasteiger partial charge < -0.3 is 5.32 Å². The minimum atomic E-state index is -3.48. The third-order valence-corrected chi connectivity index (χ3v) is 7.37. The lowest BCUT2D eigenvalue weighted by Gasteiger charge is -2.20.